The maximum absolute atomic E-state index is 5.39. The summed E-state index contributed by atoms with van der Waals surface area (Å²) in [5.41, 5.74) is 0.961. The highest BCUT2D eigenvalue weighted by Gasteiger charge is 2.14. The third-order valence-corrected chi connectivity index (χ3v) is 3.09. The predicted molar refractivity (Wildman–Crippen MR) is 80.2 cm³/mol. The Balaban J connectivity index is 2.24. The quantitative estimate of drug-likeness (QED) is 0.882. The maximum Gasteiger partial charge on any atom is 0.226 e. The zero-order chi connectivity index (χ0) is 15.2. The molecule has 0 amide bonds. The third kappa shape index (κ3) is 3.53. The molecule has 2 rings (SSSR count). The van der Waals surface area contributed by atoms with E-state index >= 15 is 0 Å². The van der Waals surface area contributed by atoms with Crippen molar-refractivity contribution in [3.8, 4) is 17.4 Å². The van der Waals surface area contributed by atoms with Gasteiger partial charge in [0.2, 0.25) is 11.8 Å². The Morgan fingerprint density at radius 1 is 1.05 bits per heavy atom. The summed E-state index contributed by atoms with van der Waals surface area (Å²) in [4.78, 5) is 8.41. The topological polar surface area (TPSA) is 65.5 Å². The Bertz CT molecular complexity index is 604. The van der Waals surface area contributed by atoms with Gasteiger partial charge in [-0.2, -0.15) is 4.98 Å². The highest BCUT2D eigenvalue weighted by atomic mass is 16.5. The van der Waals surface area contributed by atoms with Gasteiger partial charge in [0.25, 0.3) is 0 Å². The van der Waals surface area contributed by atoms with Gasteiger partial charge in [0.15, 0.2) is 0 Å². The van der Waals surface area contributed by atoms with Crippen molar-refractivity contribution in [1.82, 2.24) is 9.97 Å². The number of nitrogens with zero attached hydrogens (tertiary/aromatic N) is 2. The van der Waals surface area contributed by atoms with Crippen LogP contribution in [0.1, 0.15) is 18.5 Å². The van der Waals surface area contributed by atoms with Crippen LogP contribution in [0.4, 0.5) is 5.95 Å². The molecule has 0 aliphatic heterocycles. The average Bonchev–Trinajstić information content (AvgIpc) is 2.54. The molecule has 0 aliphatic carbocycles. The third-order valence-electron chi connectivity index (χ3n) is 3.09. The highest BCUT2D eigenvalue weighted by Crippen LogP contribution is 2.30. The highest BCUT2D eigenvalue weighted by molar-refractivity contribution is 5.45. The first-order chi connectivity index (χ1) is 10.2. The first-order valence-electron chi connectivity index (χ1n) is 6.53. The van der Waals surface area contributed by atoms with Crippen molar-refractivity contribution in [2.24, 2.45) is 0 Å². The summed E-state index contributed by atoms with van der Waals surface area (Å²) in [5, 5.41) is 3.22. The minimum Gasteiger partial charge on any atom is -0.497 e. The molecule has 0 fully saturated rings. The van der Waals surface area contributed by atoms with Crippen molar-refractivity contribution in [2.75, 3.05) is 26.6 Å². The summed E-state index contributed by atoms with van der Waals surface area (Å²) < 4.78 is 15.7. The average molecular weight is 289 g/mol. The van der Waals surface area contributed by atoms with Crippen LogP contribution in [0.2, 0.25) is 0 Å². The molecule has 21 heavy (non-hydrogen) atoms. The first kappa shape index (κ1) is 14.9. The number of benzene rings is 1. The molecule has 6 heteroatoms. The van der Waals surface area contributed by atoms with E-state index in [2.05, 4.69) is 15.3 Å². The van der Waals surface area contributed by atoms with Gasteiger partial charge >= 0.3 is 0 Å². The molecule has 0 bridgehead atoms. The van der Waals surface area contributed by atoms with E-state index in [4.69, 9.17) is 14.2 Å². The summed E-state index contributed by atoms with van der Waals surface area (Å²) in [6.45, 7) is 2.00. The first-order valence-corrected chi connectivity index (χ1v) is 6.53. The molecule has 1 unspecified atom stereocenters. The summed E-state index contributed by atoms with van der Waals surface area (Å²) in [5.74, 6) is 2.55. The van der Waals surface area contributed by atoms with E-state index in [1.54, 1.807) is 33.6 Å². The number of aromatic nitrogens is 2. The Morgan fingerprint density at radius 3 is 2.52 bits per heavy atom. The molecule has 6 nitrogen and oxygen atoms in total. The van der Waals surface area contributed by atoms with E-state index in [0.29, 0.717) is 11.8 Å². The number of nitrogens with one attached hydrogen (secondary N) is 1. The SMILES string of the molecule is COc1ccc(OC)c(C(C)Nc2nccc(OC)n2)c1. The molecule has 1 aromatic carbocycles. The second-order valence-corrected chi connectivity index (χ2v) is 4.40. The number of methoxy groups -OCH3 is 3. The second-order valence-electron chi connectivity index (χ2n) is 4.40. The lowest BCUT2D eigenvalue weighted by Crippen LogP contribution is -2.11. The number of ether oxygens (including phenoxy) is 3. The molecule has 0 radical (unpaired) electrons. The van der Waals surface area contributed by atoms with Crippen LogP contribution >= 0.6 is 0 Å². The van der Waals surface area contributed by atoms with Gasteiger partial charge < -0.3 is 19.5 Å². The molecule has 1 aromatic heterocycles. The lowest BCUT2D eigenvalue weighted by atomic mass is 10.1. The van der Waals surface area contributed by atoms with Gasteiger partial charge in [-0.3, -0.25) is 0 Å². The maximum atomic E-state index is 5.39. The molecular weight excluding hydrogens is 270 g/mol. The van der Waals surface area contributed by atoms with Crippen molar-refractivity contribution < 1.29 is 14.2 Å². The van der Waals surface area contributed by atoms with Gasteiger partial charge in [0.1, 0.15) is 11.5 Å². The van der Waals surface area contributed by atoms with Gasteiger partial charge in [-0.1, -0.05) is 0 Å². The minimum absolute atomic E-state index is 0.0536. The monoisotopic (exact) mass is 289 g/mol. The fourth-order valence-electron chi connectivity index (χ4n) is 1.97. The van der Waals surface area contributed by atoms with E-state index in [9.17, 15) is 0 Å². The summed E-state index contributed by atoms with van der Waals surface area (Å²) in [6, 6.07) is 7.30. The van der Waals surface area contributed by atoms with Gasteiger partial charge in [0, 0.05) is 17.8 Å². The van der Waals surface area contributed by atoms with Crippen LogP contribution in [0.3, 0.4) is 0 Å². The Hall–Kier alpha value is -2.50. The molecule has 112 valence electrons. The van der Waals surface area contributed by atoms with E-state index in [-0.39, 0.29) is 6.04 Å². The predicted octanol–water partition coefficient (Wildman–Crippen LogP) is 2.68. The molecular formula is C15H19N3O3. The minimum atomic E-state index is -0.0536. The number of anilines is 1. The van der Waals surface area contributed by atoms with Crippen molar-refractivity contribution in [3.05, 3.63) is 36.0 Å². The molecule has 0 spiro atoms. The molecule has 1 heterocycles. The lowest BCUT2D eigenvalue weighted by molar-refractivity contribution is 0.395. The Morgan fingerprint density at radius 2 is 1.86 bits per heavy atom. The van der Waals surface area contributed by atoms with E-state index in [1.165, 1.54) is 0 Å². The molecule has 0 saturated carbocycles. The van der Waals surface area contributed by atoms with Crippen molar-refractivity contribution in [1.29, 1.82) is 0 Å². The van der Waals surface area contributed by atoms with Crippen LogP contribution in [0, 0.1) is 0 Å². The van der Waals surface area contributed by atoms with Gasteiger partial charge in [-0.15, -0.1) is 0 Å². The van der Waals surface area contributed by atoms with Crippen LogP contribution in [0.15, 0.2) is 30.5 Å². The molecule has 2 aromatic rings. The molecule has 1 N–H and O–H groups in total. The zero-order valence-electron chi connectivity index (χ0n) is 12.6. The number of hydrogen-bond acceptors (Lipinski definition) is 6. The lowest BCUT2D eigenvalue weighted by Gasteiger charge is -2.18. The van der Waals surface area contributed by atoms with Gasteiger partial charge in [-0.25, -0.2) is 4.98 Å². The fourth-order valence-corrected chi connectivity index (χ4v) is 1.97. The summed E-state index contributed by atoms with van der Waals surface area (Å²) in [7, 11) is 4.84. The number of rotatable bonds is 6. The van der Waals surface area contributed by atoms with E-state index < -0.39 is 0 Å². The Labute approximate surface area is 124 Å². The zero-order valence-corrected chi connectivity index (χ0v) is 12.6. The standard InChI is InChI=1S/C15H19N3O3/c1-10(17-15-16-8-7-14(18-15)21-4)12-9-11(19-2)5-6-13(12)20-3/h5-10H,1-4H3,(H,16,17,18). The van der Waals surface area contributed by atoms with Crippen LogP contribution in [0.25, 0.3) is 0 Å². The van der Waals surface area contributed by atoms with Crippen molar-refractivity contribution in [3.63, 3.8) is 0 Å². The van der Waals surface area contributed by atoms with E-state index in [1.807, 2.05) is 25.1 Å². The molecule has 1 atom stereocenters. The number of hydrogen-bond donors (Lipinski definition) is 1. The Kier molecular flexibility index (Phi) is 4.81. The van der Waals surface area contributed by atoms with Crippen LogP contribution in [-0.4, -0.2) is 31.3 Å². The van der Waals surface area contributed by atoms with Crippen LogP contribution < -0.4 is 19.5 Å². The normalized spacial score (nSPS) is 11.6. The van der Waals surface area contributed by atoms with Crippen LogP contribution in [0.5, 0.6) is 17.4 Å². The van der Waals surface area contributed by atoms with E-state index in [0.717, 1.165) is 17.1 Å². The van der Waals surface area contributed by atoms with Gasteiger partial charge in [-0.05, 0) is 25.1 Å². The van der Waals surface area contributed by atoms with Crippen LogP contribution in [-0.2, 0) is 0 Å². The van der Waals surface area contributed by atoms with Crippen molar-refractivity contribution in [2.45, 2.75) is 13.0 Å². The summed E-state index contributed by atoms with van der Waals surface area (Å²) >= 11 is 0. The smallest absolute Gasteiger partial charge is 0.226 e. The fraction of sp³-hybridized carbons (Fsp3) is 0.333. The second kappa shape index (κ2) is 6.78. The van der Waals surface area contributed by atoms with Gasteiger partial charge in [0.05, 0.1) is 27.4 Å². The molecule has 0 saturated heterocycles. The largest absolute Gasteiger partial charge is 0.497 e. The van der Waals surface area contributed by atoms with Crippen molar-refractivity contribution >= 4 is 5.95 Å². The molecule has 0 aliphatic rings. The summed E-state index contributed by atoms with van der Waals surface area (Å²) in [6.07, 6.45) is 1.64.